The molecule has 0 nitrogen and oxygen atoms in total. The minimum Gasteiger partial charge on any atom is -1.45 e. The summed E-state index contributed by atoms with van der Waals surface area (Å²) in [4.78, 5) is 0. The van der Waals surface area contributed by atoms with Crippen LogP contribution in [0.2, 0.25) is 0 Å². The number of hydrogen-bond donors (Lipinski definition) is 0. The van der Waals surface area contributed by atoms with Gasteiger partial charge >= 0.3 is 37.7 Å². The van der Waals surface area contributed by atoms with E-state index in [4.69, 9.17) is 0 Å². The van der Waals surface area contributed by atoms with Gasteiger partial charge in [-0.3, -0.25) is 0 Å². The van der Waals surface area contributed by atoms with Gasteiger partial charge in [-0.2, -0.15) is 0 Å². The summed E-state index contributed by atoms with van der Waals surface area (Å²) >= 11 is 0. The zero-order valence-corrected chi connectivity index (χ0v) is 8.57. The van der Waals surface area contributed by atoms with Crippen LogP contribution in [0.3, 0.4) is 0 Å². The van der Waals surface area contributed by atoms with Gasteiger partial charge in [0.2, 0.25) is 0 Å². The summed E-state index contributed by atoms with van der Waals surface area (Å²) in [7, 11) is 4.31. The molecule has 0 saturated heterocycles. The number of rotatable bonds is 0. The van der Waals surface area contributed by atoms with Crippen LogP contribution in [0.4, 0.5) is 0 Å². The molecule has 0 radical (unpaired) electrons. The summed E-state index contributed by atoms with van der Waals surface area (Å²) in [6.45, 7) is 4.13. The molecular formula is C8H9Li2P. The maximum atomic E-state index is 4.31. The van der Waals surface area contributed by atoms with Crippen molar-refractivity contribution in [2.24, 2.45) is 0 Å². The third-order valence-electron chi connectivity index (χ3n) is 1.44. The molecule has 0 aromatic heterocycles. The Balaban J connectivity index is 0. The average molecular weight is 150 g/mol. The molecule has 1 aromatic rings. The fourth-order valence-electron chi connectivity index (χ4n) is 0.806. The van der Waals surface area contributed by atoms with Crippen molar-refractivity contribution in [2.45, 2.75) is 13.8 Å². The third kappa shape index (κ3) is 3.85. The molecule has 0 fully saturated rings. The van der Waals surface area contributed by atoms with Gasteiger partial charge in [-0.15, -0.1) is 11.1 Å². The van der Waals surface area contributed by atoms with Gasteiger partial charge in [0.1, 0.15) is 0 Å². The topological polar surface area (TPSA) is 0 Å². The molecule has 1 rings (SSSR count). The summed E-state index contributed by atoms with van der Waals surface area (Å²) in [5.74, 6) is 0. The molecule has 0 unspecified atom stereocenters. The van der Waals surface area contributed by atoms with Gasteiger partial charge in [0.15, 0.2) is 0 Å². The Kier molecular flexibility index (Phi) is 8.32. The molecule has 0 aliphatic rings. The first-order valence-electron chi connectivity index (χ1n) is 2.97. The van der Waals surface area contributed by atoms with E-state index in [9.17, 15) is 0 Å². The quantitative estimate of drug-likeness (QED) is 0.264. The van der Waals surface area contributed by atoms with Crippen molar-refractivity contribution in [3.05, 3.63) is 29.3 Å². The zero-order valence-electron chi connectivity index (χ0n) is 7.68. The van der Waals surface area contributed by atoms with Crippen molar-refractivity contribution in [1.82, 2.24) is 0 Å². The van der Waals surface area contributed by atoms with E-state index in [1.807, 2.05) is 6.07 Å². The smallest absolute Gasteiger partial charge is 1.00 e. The van der Waals surface area contributed by atoms with Crippen LogP contribution in [0, 0.1) is 13.8 Å². The number of hydrogen-bond acceptors (Lipinski definition) is 0. The maximum Gasteiger partial charge on any atom is 1.00 e. The molecule has 0 aliphatic carbocycles. The van der Waals surface area contributed by atoms with E-state index >= 15 is 0 Å². The first-order chi connectivity index (χ1) is 4.22. The Morgan fingerprint density at radius 1 is 1.00 bits per heavy atom. The van der Waals surface area contributed by atoms with Crippen LogP contribution in [-0.4, -0.2) is 0 Å². The molecule has 1 aromatic carbocycles. The summed E-state index contributed by atoms with van der Waals surface area (Å²) in [6.07, 6.45) is 0. The van der Waals surface area contributed by atoms with Crippen molar-refractivity contribution in [1.29, 1.82) is 0 Å². The van der Waals surface area contributed by atoms with Crippen molar-refractivity contribution in [3.8, 4) is 0 Å². The minimum absolute atomic E-state index is 0. The predicted octanol–water partition coefficient (Wildman–Crippen LogP) is -3.65. The minimum atomic E-state index is 0. The van der Waals surface area contributed by atoms with Crippen LogP contribution in [0.25, 0.3) is 0 Å². The van der Waals surface area contributed by atoms with E-state index in [1.165, 1.54) is 11.1 Å². The summed E-state index contributed by atoms with van der Waals surface area (Å²) < 4.78 is 0. The fourth-order valence-corrected chi connectivity index (χ4v) is 0.955. The van der Waals surface area contributed by atoms with Gasteiger partial charge in [-0.1, -0.05) is 18.2 Å². The van der Waals surface area contributed by atoms with Crippen LogP contribution >= 0.6 is 9.24 Å². The molecule has 0 aliphatic heterocycles. The van der Waals surface area contributed by atoms with Crippen LogP contribution in [0.1, 0.15) is 11.1 Å². The monoisotopic (exact) mass is 150 g/mol. The van der Waals surface area contributed by atoms with E-state index in [1.54, 1.807) is 0 Å². The Bertz CT molecular complexity index is 203. The summed E-state index contributed by atoms with van der Waals surface area (Å²) in [6, 6.07) is 6.18. The predicted molar refractivity (Wildman–Crippen MR) is 42.5 cm³/mol. The Labute approximate surface area is 95.1 Å². The molecule has 0 saturated carbocycles. The third-order valence-corrected chi connectivity index (χ3v) is 2.14. The zero-order chi connectivity index (χ0) is 6.85. The van der Waals surface area contributed by atoms with E-state index in [0.717, 1.165) is 5.30 Å². The van der Waals surface area contributed by atoms with Gasteiger partial charge < -0.3 is 14.5 Å². The molecule has 0 bridgehead atoms. The first kappa shape index (κ1) is 14.4. The van der Waals surface area contributed by atoms with Gasteiger partial charge in [0, 0.05) is 0 Å². The maximum absolute atomic E-state index is 4.31. The van der Waals surface area contributed by atoms with E-state index < -0.39 is 0 Å². The molecule has 0 atom stereocenters. The van der Waals surface area contributed by atoms with Gasteiger partial charge in [-0.05, 0) is 13.8 Å². The summed E-state index contributed by atoms with van der Waals surface area (Å²) in [5, 5.41) is 1.11. The molecule has 0 amide bonds. The van der Waals surface area contributed by atoms with Crippen molar-refractivity contribution < 1.29 is 37.7 Å². The molecule has 0 N–H and O–H groups in total. The summed E-state index contributed by atoms with van der Waals surface area (Å²) in [5.41, 5.74) is 2.50. The van der Waals surface area contributed by atoms with Crippen LogP contribution < -0.4 is 43.0 Å². The van der Waals surface area contributed by atoms with Crippen molar-refractivity contribution in [3.63, 3.8) is 0 Å². The Hall–Kier alpha value is 0.845. The Morgan fingerprint density at radius 2 is 1.36 bits per heavy atom. The molecule has 0 spiro atoms. The van der Waals surface area contributed by atoms with Gasteiger partial charge in [-0.25, -0.2) is 0 Å². The Morgan fingerprint density at radius 3 is 1.64 bits per heavy atom. The van der Waals surface area contributed by atoms with Crippen LogP contribution in [0.15, 0.2) is 18.2 Å². The van der Waals surface area contributed by atoms with Gasteiger partial charge in [0.05, 0.1) is 0 Å². The second-order valence-electron chi connectivity index (χ2n) is 2.24. The SMILES string of the molecule is Cc1cccc(C)c1[P-2].[Li+].[Li+]. The van der Waals surface area contributed by atoms with E-state index in [0.29, 0.717) is 0 Å². The van der Waals surface area contributed by atoms with E-state index in [2.05, 4.69) is 35.2 Å². The molecule has 48 valence electrons. The largest absolute Gasteiger partial charge is 1.45 e. The van der Waals surface area contributed by atoms with Crippen molar-refractivity contribution >= 4 is 14.5 Å². The second-order valence-corrected chi connectivity index (χ2v) is 2.69. The number of benzene rings is 1. The molecular weight excluding hydrogens is 141 g/mol. The standard InChI is InChI=1S/C8H9P.2Li/c1-6-4-3-5-7(2)8(6)9;;/h3-5H,1-2H3;;/q-2;2*+1. The molecule has 0 heterocycles. The van der Waals surface area contributed by atoms with Crippen LogP contribution in [-0.2, 0) is 0 Å². The number of aryl methyl sites for hydroxylation is 2. The first-order valence-corrected chi connectivity index (χ1v) is 3.41. The average Bonchev–Trinajstić information content (AvgIpc) is 1.83. The van der Waals surface area contributed by atoms with Gasteiger partial charge in [0.25, 0.3) is 0 Å². The fraction of sp³-hybridized carbons (Fsp3) is 0.250. The normalized spacial score (nSPS) is 7.91. The molecule has 3 heteroatoms. The van der Waals surface area contributed by atoms with E-state index in [-0.39, 0.29) is 37.7 Å². The van der Waals surface area contributed by atoms with Crippen molar-refractivity contribution in [2.75, 3.05) is 0 Å². The second kappa shape index (κ2) is 6.37. The molecule has 11 heavy (non-hydrogen) atoms. The van der Waals surface area contributed by atoms with Crippen LogP contribution in [0.5, 0.6) is 0 Å².